The first-order valence-electron chi connectivity index (χ1n) is 8.52. The van der Waals surface area contributed by atoms with E-state index in [1.807, 2.05) is 4.90 Å². The smallest absolute Gasteiger partial charge is 0.328 e. The van der Waals surface area contributed by atoms with Gasteiger partial charge in [-0.05, 0) is 25.0 Å². The number of rotatable bonds is 4. The fourth-order valence-electron chi connectivity index (χ4n) is 3.17. The van der Waals surface area contributed by atoms with Gasteiger partial charge >= 0.3 is 5.69 Å². The standard InChI is InChI=1S/C18H21FN4O3/c1-22-17(25)12(11-20-18(22)26)10-16(24)21-13-6-8-23(9-7-13)15-5-3-2-4-14(15)19/h2-5,11,13H,6-10H2,1H3,(H,20,26)(H,21,24). The highest BCUT2D eigenvalue weighted by molar-refractivity contribution is 5.78. The van der Waals surface area contributed by atoms with E-state index in [9.17, 15) is 18.8 Å². The van der Waals surface area contributed by atoms with Gasteiger partial charge in [-0.15, -0.1) is 0 Å². The van der Waals surface area contributed by atoms with Gasteiger partial charge in [-0.1, -0.05) is 12.1 Å². The molecule has 2 aromatic rings. The van der Waals surface area contributed by atoms with Crippen LogP contribution in [-0.4, -0.2) is 34.6 Å². The van der Waals surface area contributed by atoms with Gasteiger partial charge in [0.05, 0.1) is 12.1 Å². The number of carbonyl (C=O) groups excluding carboxylic acids is 1. The van der Waals surface area contributed by atoms with Gasteiger partial charge in [0, 0.05) is 37.9 Å². The van der Waals surface area contributed by atoms with Crippen molar-refractivity contribution in [1.82, 2.24) is 14.9 Å². The normalized spacial score (nSPS) is 15.1. The molecule has 8 heteroatoms. The SMILES string of the molecule is Cn1c(=O)[nH]cc(CC(=O)NC2CCN(c3ccccc3F)CC2)c1=O. The third kappa shape index (κ3) is 3.84. The van der Waals surface area contributed by atoms with Crippen LogP contribution in [0.1, 0.15) is 18.4 Å². The number of H-pyrrole nitrogens is 1. The molecule has 0 radical (unpaired) electrons. The summed E-state index contributed by atoms with van der Waals surface area (Å²) in [4.78, 5) is 39.9. The molecule has 1 fully saturated rings. The van der Waals surface area contributed by atoms with E-state index < -0.39 is 11.2 Å². The number of anilines is 1. The number of hydrogen-bond acceptors (Lipinski definition) is 4. The Hall–Kier alpha value is -2.90. The molecule has 1 amide bonds. The van der Waals surface area contributed by atoms with Crippen molar-refractivity contribution in [3.63, 3.8) is 0 Å². The van der Waals surface area contributed by atoms with Crippen molar-refractivity contribution in [3.05, 3.63) is 62.7 Å². The molecule has 26 heavy (non-hydrogen) atoms. The van der Waals surface area contributed by atoms with E-state index >= 15 is 0 Å². The fourth-order valence-corrected chi connectivity index (χ4v) is 3.17. The molecule has 0 bridgehead atoms. The Morgan fingerprint density at radius 2 is 1.96 bits per heavy atom. The monoisotopic (exact) mass is 360 g/mol. The van der Waals surface area contributed by atoms with Crippen LogP contribution in [0.4, 0.5) is 10.1 Å². The third-order valence-corrected chi connectivity index (χ3v) is 4.66. The number of aromatic amines is 1. The van der Waals surface area contributed by atoms with Gasteiger partial charge in [0.15, 0.2) is 0 Å². The van der Waals surface area contributed by atoms with Crippen molar-refractivity contribution >= 4 is 11.6 Å². The summed E-state index contributed by atoms with van der Waals surface area (Å²) in [5.74, 6) is -0.512. The summed E-state index contributed by atoms with van der Waals surface area (Å²) in [7, 11) is 1.36. The lowest BCUT2D eigenvalue weighted by atomic mass is 10.0. The third-order valence-electron chi connectivity index (χ3n) is 4.66. The van der Waals surface area contributed by atoms with E-state index in [2.05, 4.69) is 10.3 Å². The molecule has 3 rings (SSSR count). The molecule has 138 valence electrons. The van der Waals surface area contributed by atoms with Crippen LogP contribution >= 0.6 is 0 Å². The average molecular weight is 360 g/mol. The lowest BCUT2D eigenvalue weighted by Gasteiger charge is -2.34. The number of nitrogens with zero attached hydrogens (tertiary/aromatic N) is 2. The molecule has 1 aromatic heterocycles. The molecule has 0 unspecified atom stereocenters. The van der Waals surface area contributed by atoms with Crippen molar-refractivity contribution in [2.24, 2.45) is 7.05 Å². The molecule has 0 atom stereocenters. The van der Waals surface area contributed by atoms with Crippen LogP contribution in [-0.2, 0) is 18.3 Å². The Morgan fingerprint density at radius 1 is 1.27 bits per heavy atom. The molecule has 2 heterocycles. The van der Waals surface area contributed by atoms with Crippen molar-refractivity contribution in [2.45, 2.75) is 25.3 Å². The predicted octanol–water partition coefficient (Wildman–Crippen LogP) is 0.540. The summed E-state index contributed by atoms with van der Waals surface area (Å²) in [5, 5.41) is 2.92. The number of carbonyl (C=O) groups is 1. The zero-order valence-corrected chi connectivity index (χ0v) is 14.5. The Balaban J connectivity index is 1.56. The van der Waals surface area contributed by atoms with Crippen molar-refractivity contribution < 1.29 is 9.18 Å². The first-order chi connectivity index (χ1) is 12.5. The summed E-state index contributed by atoms with van der Waals surface area (Å²) in [5.41, 5.74) is -0.166. The number of hydrogen-bond donors (Lipinski definition) is 2. The molecule has 0 spiro atoms. The lowest BCUT2D eigenvalue weighted by molar-refractivity contribution is -0.121. The number of nitrogens with one attached hydrogen (secondary N) is 2. The predicted molar refractivity (Wildman–Crippen MR) is 95.8 cm³/mol. The topological polar surface area (TPSA) is 87.2 Å². The summed E-state index contributed by atoms with van der Waals surface area (Å²) in [6.07, 6.45) is 2.59. The van der Waals surface area contributed by atoms with Gasteiger partial charge in [-0.2, -0.15) is 0 Å². The van der Waals surface area contributed by atoms with Crippen molar-refractivity contribution in [2.75, 3.05) is 18.0 Å². The maximum Gasteiger partial charge on any atom is 0.328 e. The summed E-state index contributed by atoms with van der Waals surface area (Å²) in [6.45, 7) is 1.29. The van der Waals surface area contributed by atoms with E-state index in [4.69, 9.17) is 0 Å². The Kier molecular flexibility index (Phi) is 5.20. The largest absolute Gasteiger partial charge is 0.369 e. The second-order valence-corrected chi connectivity index (χ2v) is 6.44. The quantitative estimate of drug-likeness (QED) is 0.833. The van der Waals surface area contributed by atoms with Crippen LogP contribution in [0.3, 0.4) is 0 Å². The molecule has 2 N–H and O–H groups in total. The Bertz CT molecular complexity index is 913. The number of piperidine rings is 1. The van der Waals surface area contributed by atoms with Crippen LogP contribution in [0, 0.1) is 5.82 Å². The van der Waals surface area contributed by atoms with Gasteiger partial charge in [0.2, 0.25) is 5.91 Å². The number of halogens is 1. The van der Waals surface area contributed by atoms with Gasteiger partial charge in [0.1, 0.15) is 5.82 Å². The van der Waals surface area contributed by atoms with Gasteiger partial charge in [0.25, 0.3) is 5.56 Å². The minimum absolute atomic E-state index is 0.0165. The highest BCUT2D eigenvalue weighted by Crippen LogP contribution is 2.22. The van der Waals surface area contributed by atoms with E-state index in [0.29, 0.717) is 31.6 Å². The van der Waals surface area contributed by atoms with Crippen molar-refractivity contribution in [1.29, 1.82) is 0 Å². The molecular formula is C18H21FN4O3. The Labute approximate surface area is 149 Å². The van der Waals surface area contributed by atoms with E-state index in [1.165, 1.54) is 19.3 Å². The molecular weight excluding hydrogens is 339 g/mol. The number of benzene rings is 1. The molecule has 0 aliphatic carbocycles. The van der Waals surface area contributed by atoms with Crippen LogP contribution in [0.2, 0.25) is 0 Å². The minimum atomic E-state index is -0.514. The lowest BCUT2D eigenvalue weighted by Crippen LogP contribution is -2.46. The average Bonchev–Trinajstić information content (AvgIpc) is 2.63. The van der Waals surface area contributed by atoms with E-state index in [-0.39, 0.29) is 29.8 Å². The number of para-hydroxylation sites is 1. The fraction of sp³-hybridized carbons (Fsp3) is 0.389. The van der Waals surface area contributed by atoms with E-state index in [1.54, 1.807) is 18.2 Å². The molecule has 1 aliphatic heterocycles. The first kappa shape index (κ1) is 17.9. The van der Waals surface area contributed by atoms with Crippen LogP contribution in [0.25, 0.3) is 0 Å². The second kappa shape index (κ2) is 7.55. The van der Waals surface area contributed by atoms with Gasteiger partial charge < -0.3 is 15.2 Å². The highest BCUT2D eigenvalue weighted by atomic mass is 19.1. The molecule has 1 saturated heterocycles. The molecule has 1 aliphatic rings. The second-order valence-electron chi connectivity index (χ2n) is 6.44. The highest BCUT2D eigenvalue weighted by Gasteiger charge is 2.22. The zero-order chi connectivity index (χ0) is 18.7. The number of aromatic nitrogens is 2. The van der Waals surface area contributed by atoms with Gasteiger partial charge in [-0.25, -0.2) is 9.18 Å². The maximum absolute atomic E-state index is 13.9. The number of amides is 1. The van der Waals surface area contributed by atoms with Crippen molar-refractivity contribution in [3.8, 4) is 0 Å². The van der Waals surface area contributed by atoms with Gasteiger partial charge in [-0.3, -0.25) is 14.2 Å². The first-order valence-corrected chi connectivity index (χ1v) is 8.52. The van der Waals surface area contributed by atoms with E-state index in [0.717, 1.165) is 4.57 Å². The molecule has 7 nitrogen and oxygen atoms in total. The van der Waals surface area contributed by atoms with Crippen LogP contribution < -0.4 is 21.5 Å². The molecule has 1 aromatic carbocycles. The molecule has 0 saturated carbocycles. The summed E-state index contributed by atoms with van der Waals surface area (Å²) < 4.78 is 14.8. The van der Waals surface area contributed by atoms with Crippen LogP contribution in [0.5, 0.6) is 0 Å². The summed E-state index contributed by atoms with van der Waals surface area (Å²) in [6, 6.07) is 6.63. The zero-order valence-electron chi connectivity index (χ0n) is 14.5. The minimum Gasteiger partial charge on any atom is -0.369 e. The summed E-state index contributed by atoms with van der Waals surface area (Å²) >= 11 is 0. The van der Waals surface area contributed by atoms with Crippen LogP contribution in [0.15, 0.2) is 40.1 Å². The maximum atomic E-state index is 13.9. The Morgan fingerprint density at radius 3 is 2.65 bits per heavy atom.